The molecular formula is C27H33N3O3. The van der Waals surface area contributed by atoms with Gasteiger partial charge in [-0.1, -0.05) is 42.5 Å². The number of hydrogen-bond acceptors (Lipinski definition) is 4. The number of hydrogen-bond donors (Lipinski definition) is 1. The van der Waals surface area contributed by atoms with E-state index in [1.807, 2.05) is 48.0 Å². The van der Waals surface area contributed by atoms with Crippen LogP contribution in [0.4, 0.5) is 0 Å². The topological polar surface area (TPSA) is 77.6 Å². The molecule has 0 radical (unpaired) electrons. The van der Waals surface area contributed by atoms with Crippen LogP contribution in [0.1, 0.15) is 36.5 Å². The molecule has 4 rings (SSSR count). The summed E-state index contributed by atoms with van der Waals surface area (Å²) < 4.78 is 7.51. The highest BCUT2D eigenvalue weighted by molar-refractivity contribution is 5.86. The predicted molar refractivity (Wildman–Crippen MR) is 130 cm³/mol. The van der Waals surface area contributed by atoms with Crippen LogP contribution in [0.2, 0.25) is 0 Å². The lowest BCUT2D eigenvalue weighted by molar-refractivity contribution is -0.159. The van der Waals surface area contributed by atoms with E-state index < -0.39 is 5.41 Å². The fourth-order valence-electron chi connectivity index (χ4n) is 5.19. The van der Waals surface area contributed by atoms with Crippen LogP contribution in [0.15, 0.2) is 54.7 Å². The normalized spacial score (nSPS) is 19.0. The van der Waals surface area contributed by atoms with Gasteiger partial charge in [0.05, 0.1) is 12.0 Å². The largest absolute Gasteiger partial charge is 0.466 e. The summed E-state index contributed by atoms with van der Waals surface area (Å²) in [7, 11) is 0. The summed E-state index contributed by atoms with van der Waals surface area (Å²) in [6, 6.07) is 16.4. The smallest absolute Gasteiger partial charge is 0.313 e. The van der Waals surface area contributed by atoms with Gasteiger partial charge in [-0.3, -0.25) is 14.5 Å². The Morgan fingerprint density at radius 2 is 1.85 bits per heavy atom. The number of primary amides is 1. The lowest BCUT2D eigenvalue weighted by atomic mass is 9.74. The molecule has 0 bridgehead atoms. The van der Waals surface area contributed by atoms with Gasteiger partial charge in [0.15, 0.2) is 0 Å². The second-order valence-electron chi connectivity index (χ2n) is 9.18. The van der Waals surface area contributed by atoms with Gasteiger partial charge in [0.1, 0.15) is 6.54 Å². The molecule has 1 aromatic heterocycles. The van der Waals surface area contributed by atoms with Crippen LogP contribution in [0, 0.1) is 12.3 Å². The highest BCUT2D eigenvalue weighted by Gasteiger charge is 2.43. The van der Waals surface area contributed by atoms with Crippen molar-refractivity contribution in [3.63, 3.8) is 0 Å². The highest BCUT2D eigenvalue weighted by Crippen LogP contribution is 2.37. The summed E-state index contributed by atoms with van der Waals surface area (Å²) in [5.41, 5.74) is 9.45. The van der Waals surface area contributed by atoms with E-state index in [1.165, 1.54) is 11.1 Å². The molecule has 2 N–H and O–H groups in total. The maximum atomic E-state index is 13.3. The molecule has 6 nitrogen and oxygen atoms in total. The summed E-state index contributed by atoms with van der Waals surface area (Å²) in [5.74, 6) is -0.464. The maximum absolute atomic E-state index is 13.3. The molecule has 1 aliphatic heterocycles. The molecule has 2 heterocycles. The van der Waals surface area contributed by atoms with Gasteiger partial charge in [-0.05, 0) is 62.4 Å². The number of aromatic nitrogens is 1. The van der Waals surface area contributed by atoms with Crippen molar-refractivity contribution in [3.8, 4) is 0 Å². The Morgan fingerprint density at radius 1 is 1.09 bits per heavy atom. The van der Waals surface area contributed by atoms with Crippen molar-refractivity contribution in [2.45, 2.75) is 46.2 Å². The highest BCUT2D eigenvalue weighted by atomic mass is 16.5. The molecule has 1 amide bonds. The van der Waals surface area contributed by atoms with Crippen molar-refractivity contribution in [1.29, 1.82) is 0 Å². The fourth-order valence-corrected chi connectivity index (χ4v) is 5.19. The van der Waals surface area contributed by atoms with Crippen LogP contribution in [0.5, 0.6) is 0 Å². The molecule has 174 valence electrons. The third-order valence-electron chi connectivity index (χ3n) is 6.75. The summed E-state index contributed by atoms with van der Waals surface area (Å²) >= 11 is 0. The zero-order chi connectivity index (χ0) is 23.4. The van der Waals surface area contributed by atoms with E-state index >= 15 is 0 Å². The van der Waals surface area contributed by atoms with Crippen molar-refractivity contribution < 1.29 is 14.3 Å². The van der Waals surface area contributed by atoms with E-state index in [-0.39, 0.29) is 18.4 Å². The van der Waals surface area contributed by atoms with Crippen LogP contribution < -0.4 is 5.73 Å². The number of piperidine rings is 1. The average molecular weight is 448 g/mol. The number of ether oxygens (including phenoxy) is 1. The van der Waals surface area contributed by atoms with Gasteiger partial charge in [0.2, 0.25) is 5.91 Å². The molecule has 6 heteroatoms. The van der Waals surface area contributed by atoms with Crippen molar-refractivity contribution in [3.05, 3.63) is 71.4 Å². The molecule has 1 saturated heterocycles. The first-order chi connectivity index (χ1) is 15.9. The minimum absolute atomic E-state index is 0.103. The van der Waals surface area contributed by atoms with Crippen molar-refractivity contribution in [2.75, 3.05) is 19.7 Å². The number of nitrogens with zero attached hydrogens (tertiary/aromatic N) is 2. The standard InChI is InChI=1S/C27H33N3O3/c1-3-33-26(32)27(15-21-10-5-4-9-20(21)2)13-8-14-29(19-27)16-22-17-30(18-25(28)31)24-12-7-6-11-23(22)24/h4-7,9-12,17H,3,8,13-16,18-19H2,1-2H3,(H2,28,31)/t27-/m1/s1. The van der Waals surface area contributed by atoms with Gasteiger partial charge in [-0.25, -0.2) is 0 Å². The monoisotopic (exact) mass is 447 g/mol. The first-order valence-electron chi connectivity index (χ1n) is 11.7. The first kappa shape index (κ1) is 23.1. The number of aryl methyl sites for hydroxylation is 1. The third kappa shape index (κ3) is 4.96. The SMILES string of the molecule is CCOC(=O)[C@@]1(Cc2ccccc2C)CCCN(Cc2cn(CC(N)=O)c3ccccc23)C1. The second-order valence-corrected chi connectivity index (χ2v) is 9.18. The van der Waals surface area contributed by atoms with Gasteiger partial charge in [0.25, 0.3) is 0 Å². The number of para-hydroxylation sites is 1. The Kier molecular flexibility index (Phi) is 6.84. The minimum Gasteiger partial charge on any atom is -0.466 e. The lowest BCUT2D eigenvalue weighted by Gasteiger charge is -2.41. The van der Waals surface area contributed by atoms with E-state index in [1.54, 1.807) is 0 Å². The molecule has 1 aliphatic rings. The van der Waals surface area contributed by atoms with Crippen LogP contribution >= 0.6 is 0 Å². The molecule has 1 atom stereocenters. The van der Waals surface area contributed by atoms with Gasteiger partial charge < -0.3 is 15.0 Å². The third-order valence-corrected chi connectivity index (χ3v) is 6.75. The Labute approximate surface area is 195 Å². The molecule has 2 aromatic carbocycles. The van der Waals surface area contributed by atoms with Gasteiger partial charge in [-0.2, -0.15) is 0 Å². The molecular weight excluding hydrogens is 414 g/mol. The summed E-state index contributed by atoms with van der Waals surface area (Å²) in [6.07, 6.45) is 4.46. The number of rotatable bonds is 8. The van der Waals surface area contributed by atoms with Crippen molar-refractivity contribution in [1.82, 2.24) is 9.47 Å². The molecule has 0 unspecified atom stereocenters. The van der Waals surface area contributed by atoms with Gasteiger partial charge >= 0.3 is 5.97 Å². The number of carbonyl (C=O) groups excluding carboxylic acids is 2. The number of likely N-dealkylation sites (tertiary alicyclic amines) is 1. The number of amides is 1. The van der Waals surface area contributed by atoms with Crippen LogP contribution in [-0.4, -0.2) is 41.0 Å². The van der Waals surface area contributed by atoms with E-state index in [0.29, 0.717) is 26.1 Å². The molecule has 0 aliphatic carbocycles. The van der Waals surface area contributed by atoms with Crippen molar-refractivity contribution >= 4 is 22.8 Å². The Hall–Kier alpha value is -3.12. The predicted octanol–water partition coefficient (Wildman–Crippen LogP) is 3.82. The minimum atomic E-state index is -0.564. The molecule has 1 fully saturated rings. The van der Waals surface area contributed by atoms with Crippen LogP contribution in [-0.2, 0) is 33.8 Å². The summed E-state index contributed by atoms with van der Waals surface area (Å²) in [6.45, 7) is 6.78. The van der Waals surface area contributed by atoms with Crippen LogP contribution in [0.3, 0.4) is 0 Å². The Morgan fingerprint density at radius 3 is 2.61 bits per heavy atom. The second kappa shape index (κ2) is 9.79. The zero-order valence-electron chi connectivity index (χ0n) is 19.5. The molecule has 3 aromatic rings. The molecule has 33 heavy (non-hydrogen) atoms. The summed E-state index contributed by atoms with van der Waals surface area (Å²) in [4.78, 5) is 27.2. The number of carbonyl (C=O) groups is 2. The quantitative estimate of drug-likeness (QED) is 0.533. The van der Waals surface area contributed by atoms with Gasteiger partial charge in [-0.15, -0.1) is 0 Å². The summed E-state index contributed by atoms with van der Waals surface area (Å²) in [5, 5.41) is 1.12. The maximum Gasteiger partial charge on any atom is 0.313 e. The van der Waals surface area contributed by atoms with Gasteiger partial charge in [0, 0.05) is 30.2 Å². The first-order valence-corrected chi connectivity index (χ1v) is 11.7. The van der Waals surface area contributed by atoms with E-state index in [9.17, 15) is 9.59 Å². The van der Waals surface area contributed by atoms with Crippen molar-refractivity contribution in [2.24, 2.45) is 11.1 Å². The van der Waals surface area contributed by atoms with E-state index in [0.717, 1.165) is 35.9 Å². The number of nitrogens with two attached hydrogens (primary N) is 1. The van der Waals surface area contributed by atoms with Crippen LogP contribution in [0.25, 0.3) is 10.9 Å². The number of benzene rings is 2. The number of fused-ring (bicyclic) bond motifs is 1. The fraction of sp³-hybridized carbons (Fsp3) is 0.407. The molecule has 0 spiro atoms. The zero-order valence-corrected chi connectivity index (χ0v) is 19.5. The Bertz CT molecular complexity index is 1150. The molecule has 0 saturated carbocycles. The number of esters is 1. The van der Waals surface area contributed by atoms with E-state index in [4.69, 9.17) is 10.5 Å². The Balaban J connectivity index is 1.62. The van der Waals surface area contributed by atoms with E-state index in [2.05, 4.69) is 30.0 Å². The average Bonchev–Trinajstić information content (AvgIpc) is 3.12. The lowest BCUT2D eigenvalue weighted by Crippen LogP contribution is -2.49.